The van der Waals surface area contributed by atoms with Crippen LogP contribution in [0.3, 0.4) is 0 Å². The van der Waals surface area contributed by atoms with Crippen LogP contribution in [-0.2, 0) is 32.4 Å². The van der Waals surface area contributed by atoms with Gasteiger partial charge in [0.2, 0.25) is 5.91 Å². The van der Waals surface area contributed by atoms with Gasteiger partial charge in [-0.15, -0.1) is 0 Å². The predicted octanol–water partition coefficient (Wildman–Crippen LogP) is 2.85. The molecule has 0 saturated heterocycles. The van der Waals surface area contributed by atoms with Crippen molar-refractivity contribution in [2.75, 3.05) is 23.0 Å². The Morgan fingerprint density at radius 1 is 1.12 bits per heavy atom. The summed E-state index contributed by atoms with van der Waals surface area (Å²) in [6.07, 6.45) is 1.63. The van der Waals surface area contributed by atoms with Gasteiger partial charge in [-0.05, 0) is 56.0 Å². The standard InChI is InChI=1S/C23H25N3O4S2/c1-3-25-19-11-10-16(2)13-20(19)31-23(25)24-21(27)14-32(29,30)15-22(28)26-12-6-8-17-7-4-5-9-18(17)26/h4-5,7,9-11,13H,3,6,8,12,14-15H2,1-2H3. The Balaban J connectivity index is 1.52. The number of para-hydroxylation sites is 1. The van der Waals surface area contributed by atoms with Crippen molar-refractivity contribution in [2.45, 2.75) is 33.2 Å². The Kier molecular flexibility index (Phi) is 6.30. The summed E-state index contributed by atoms with van der Waals surface area (Å²) in [6.45, 7) is 5.01. The van der Waals surface area contributed by atoms with Gasteiger partial charge in [-0.3, -0.25) is 9.59 Å². The van der Waals surface area contributed by atoms with Gasteiger partial charge in [0.05, 0.1) is 10.2 Å². The highest BCUT2D eigenvalue weighted by atomic mass is 32.2. The Morgan fingerprint density at radius 2 is 1.91 bits per heavy atom. The maximum Gasteiger partial charge on any atom is 0.263 e. The first-order chi connectivity index (χ1) is 15.3. The molecule has 2 aromatic carbocycles. The summed E-state index contributed by atoms with van der Waals surface area (Å²) in [5.74, 6) is -2.76. The number of hydrogen-bond acceptors (Lipinski definition) is 5. The second-order valence-corrected chi connectivity index (χ2v) is 11.0. The number of benzene rings is 2. The third kappa shape index (κ3) is 4.68. The molecule has 1 aliphatic heterocycles. The molecule has 3 aromatic rings. The minimum Gasteiger partial charge on any atom is -0.317 e. The van der Waals surface area contributed by atoms with Crippen LogP contribution >= 0.6 is 11.3 Å². The Labute approximate surface area is 190 Å². The van der Waals surface area contributed by atoms with Gasteiger partial charge in [-0.2, -0.15) is 4.99 Å². The lowest BCUT2D eigenvalue weighted by atomic mass is 10.0. The number of aryl methyl sites for hydroxylation is 3. The number of thiazole rings is 1. The summed E-state index contributed by atoms with van der Waals surface area (Å²) in [4.78, 5) is 31.3. The topological polar surface area (TPSA) is 88.8 Å². The molecule has 0 aliphatic carbocycles. The van der Waals surface area contributed by atoms with E-state index in [1.165, 1.54) is 16.2 Å². The van der Waals surface area contributed by atoms with E-state index in [0.717, 1.165) is 39.9 Å². The first kappa shape index (κ1) is 22.4. The van der Waals surface area contributed by atoms with Crippen LogP contribution in [0.1, 0.15) is 24.5 Å². The molecule has 0 atom stereocenters. The number of nitrogens with zero attached hydrogens (tertiary/aromatic N) is 3. The van der Waals surface area contributed by atoms with Crippen LogP contribution in [0.2, 0.25) is 0 Å². The molecule has 0 spiro atoms. The van der Waals surface area contributed by atoms with Crippen molar-refractivity contribution in [1.82, 2.24) is 4.57 Å². The molecule has 1 aromatic heterocycles. The van der Waals surface area contributed by atoms with E-state index in [4.69, 9.17) is 0 Å². The van der Waals surface area contributed by atoms with Crippen molar-refractivity contribution in [1.29, 1.82) is 0 Å². The molecule has 0 unspecified atom stereocenters. The minimum atomic E-state index is -3.95. The first-order valence-corrected chi connectivity index (χ1v) is 13.2. The molecule has 1 aliphatic rings. The molecule has 0 radical (unpaired) electrons. The number of aromatic nitrogens is 1. The largest absolute Gasteiger partial charge is 0.317 e. The smallest absolute Gasteiger partial charge is 0.263 e. The van der Waals surface area contributed by atoms with E-state index in [2.05, 4.69) is 4.99 Å². The number of sulfone groups is 1. The van der Waals surface area contributed by atoms with Gasteiger partial charge in [0.15, 0.2) is 14.6 Å². The molecule has 2 amide bonds. The highest BCUT2D eigenvalue weighted by Crippen LogP contribution is 2.27. The Bertz CT molecular complexity index is 1370. The number of amides is 2. The lowest BCUT2D eigenvalue weighted by Crippen LogP contribution is -2.40. The predicted molar refractivity (Wildman–Crippen MR) is 127 cm³/mol. The van der Waals surface area contributed by atoms with Gasteiger partial charge >= 0.3 is 0 Å². The zero-order valence-corrected chi connectivity index (χ0v) is 19.7. The first-order valence-electron chi connectivity index (χ1n) is 10.5. The molecule has 7 nitrogen and oxygen atoms in total. The van der Waals surface area contributed by atoms with E-state index in [1.54, 1.807) is 0 Å². The van der Waals surface area contributed by atoms with Crippen LogP contribution in [0, 0.1) is 6.92 Å². The van der Waals surface area contributed by atoms with E-state index < -0.39 is 33.2 Å². The van der Waals surface area contributed by atoms with Crippen molar-refractivity contribution in [3.63, 3.8) is 0 Å². The van der Waals surface area contributed by atoms with E-state index in [1.807, 2.05) is 60.9 Å². The van der Waals surface area contributed by atoms with Crippen molar-refractivity contribution in [3.05, 3.63) is 58.4 Å². The fraction of sp³-hybridized carbons (Fsp3) is 0.348. The van der Waals surface area contributed by atoms with E-state index in [0.29, 0.717) is 17.9 Å². The number of carbonyl (C=O) groups is 2. The average Bonchev–Trinajstić information content (AvgIpc) is 3.07. The molecular weight excluding hydrogens is 446 g/mol. The van der Waals surface area contributed by atoms with Gasteiger partial charge in [0.1, 0.15) is 11.5 Å². The van der Waals surface area contributed by atoms with Gasteiger partial charge in [-0.25, -0.2) is 8.42 Å². The second kappa shape index (κ2) is 8.99. The van der Waals surface area contributed by atoms with Crippen LogP contribution < -0.4 is 9.70 Å². The summed E-state index contributed by atoms with van der Waals surface area (Å²) in [6, 6.07) is 13.5. The monoisotopic (exact) mass is 471 g/mol. The third-order valence-corrected chi connectivity index (χ3v) is 7.89. The highest BCUT2D eigenvalue weighted by Gasteiger charge is 2.28. The van der Waals surface area contributed by atoms with E-state index in [-0.39, 0.29) is 0 Å². The fourth-order valence-corrected chi connectivity index (χ4v) is 6.29. The molecular formula is C23H25N3O4S2. The van der Waals surface area contributed by atoms with Crippen LogP contribution in [0.15, 0.2) is 47.5 Å². The zero-order chi connectivity index (χ0) is 22.9. The summed E-state index contributed by atoms with van der Waals surface area (Å²) >= 11 is 1.35. The van der Waals surface area contributed by atoms with Gasteiger partial charge in [0.25, 0.3) is 5.91 Å². The zero-order valence-electron chi connectivity index (χ0n) is 18.1. The molecule has 9 heteroatoms. The summed E-state index contributed by atoms with van der Waals surface area (Å²) < 4.78 is 28.1. The summed E-state index contributed by atoms with van der Waals surface area (Å²) in [5, 5.41) is 0. The van der Waals surface area contributed by atoms with Gasteiger partial charge < -0.3 is 9.47 Å². The van der Waals surface area contributed by atoms with Crippen LogP contribution in [0.5, 0.6) is 0 Å². The summed E-state index contributed by atoms with van der Waals surface area (Å²) in [5.41, 5.74) is 3.83. The minimum absolute atomic E-state index is 0.463. The number of rotatable bonds is 5. The lowest BCUT2D eigenvalue weighted by Gasteiger charge is -2.29. The Hall–Kier alpha value is -2.78. The average molecular weight is 472 g/mol. The fourth-order valence-electron chi connectivity index (χ4n) is 4.01. The van der Waals surface area contributed by atoms with E-state index in [9.17, 15) is 18.0 Å². The molecule has 0 N–H and O–H groups in total. The van der Waals surface area contributed by atoms with Crippen LogP contribution in [0.25, 0.3) is 10.2 Å². The van der Waals surface area contributed by atoms with Crippen molar-refractivity contribution in [2.24, 2.45) is 4.99 Å². The van der Waals surface area contributed by atoms with Crippen molar-refractivity contribution in [3.8, 4) is 0 Å². The number of carbonyl (C=O) groups excluding carboxylic acids is 2. The molecule has 32 heavy (non-hydrogen) atoms. The van der Waals surface area contributed by atoms with Crippen LogP contribution in [0.4, 0.5) is 5.69 Å². The quantitative estimate of drug-likeness (QED) is 0.572. The SMILES string of the molecule is CCn1c(=NC(=O)CS(=O)(=O)CC(=O)N2CCCc3ccccc32)sc2cc(C)ccc21. The van der Waals surface area contributed by atoms with E-state index >= 15 is 0 Å². The van der Waals surface area contributed by atoms with Crippen LogP contribution in [-0.4, -0.2) is 42.8 Å². The summed E-state index contributed by atoms with van der Waals surface area (Å²) in [7, 11) is -3.95. The molecule has 0 bridgehead atoms. The normalized spacial score (nSPS) is 14.6. The maximum atomic E-state index is 12.8. The lowest BCUT2D eigenvalue weighted by molar-refractivity contribution is -0.116. The van der Waals surface area contributed by atoms with Crippen molar-refractivity contribution >= 4 is 48.9 Å². The Morgan fingerprint density at radius 3 is 2.69 bits per heavy atom. The number of anilines is 1. The maximum absolute atomic E-state index is 12.8. The number of fused-ring (bicyclic) bond motifs is 2. The second-order valence-electron chi connectivity index (χ2n) is 7.92. The molecule has 0 saturated carbocycles. The van der Waals surface area contributed by atoms with Gasteiger partial charge in [-0.1, -0.05) is 35.6 Å². The third-order valence-electron chi connectivity index (χ3n) is 5.47. The molecule has 4 rings (SSSR count). The number of hydrogen-bond donors (Lipinski definition) is 0. The molecule has 168 valence electrons. The highest BCUT2D eigenvalue weighted by molar-refractivity contribution is 7.92. The van der Waals surface area contributed by atoms with Crippen molar-refractivity contribution < 1.29 is 18.0 Å². The molecule has 2 heterocycles. The molecule has 0 fully saturated rings. The van der Waals surface area contributed by atoms with Gasteiger partial charge in [0, 0.05) is 18.8 Å².